The fraction of sp³-hybridized carbons (Fsp3) is 0.533. The lowest BCUT2D eigenvalue weighted by atomic mass is 10.1. The van der Waals surface area contributed by atoms with E-state index in [1.165, 1.54) is 12.0 Å². The van der Waals surface area contributed by atoms with Gasteiger partial charge in [0.2, 0.25) is 0 Å². The van der Waals surface area contributed by atoms with Gasteiger partial charge in [0.05, 0.1) is 5.76 Å². The zero-order chi connectivity index (χ0) is 13.3. The van der Waals surface area contributed by atoms with Crippen LogP contribution in [-0.2, 0) is 4.74 Å². The van der Waals surface area contributed by atoms with Crippen molar-refractivity contribution >= 4 is 5.71 Å². The molecule has 0 aromatic carbocycles. The number of hydrogen-bond acceptors (Lipinski definition) is 2. The van der Waals surface area contributed by atoms with Crippen LogP contribution in [-0.4, -0.2) is 12.3 Å². The van der Waals surface area contributed by atoms with Crippen molar-refractivity contribution in [3.63, 3.8) is 0 Å². The Morgan fingerprint density at radius 3 is 2.35 bits per heavy atom. The van der Waals surface area contributed by atoms with Crippen LogP contribution in [0.4, 0.5) is 0 Å². The molecular weight excluding hydrogens is 210 g/mol. The van der Waals surface area contributed by atoms with E-state index in [0.29, 0.717) is 12.3 Å². The van der Waals surface area contributed by atoms with Gasteiger partial charge < -0.3 is 10.1 Å². The highest BCUT2D eigenvalue weighted by Crippen LogP contribution is 2.08. The van der Waals surface area contributed by atoms with Crippen molar-refractivity contribution in [2.75, 3.05) is 6.61 Å². The van der Waals surface area contributed by atoms with E-state index in [-0.39, 0.29) is 0 Å². The topological polar surface area (TPSA) is 33.1 Å². The fourth-order valence-electron chi connectivity index (χ4n) is 1.35. The molecule has 2 heteroatoms. The van der Waals surface area contributed by atoms with Gasteiger partial charge in [-0.25, -0.2) is 0 Å². The Morgan fingerprint density at radius 1 is 1.24 bits per heavy atom. The van der Waals surface area contributed by atoms with E-state index in [2.05, 4.69) is 19.9 Å². The summed E-state index contributed by atoms with van der Waals surface area (Å²) in [7, 11) is 0. The SMILES string of the molecule is C/C=C(\C=C(/C)OC/C(C)=C\CCC)C(C)=N. The summed E-state index contributed by atoms with van der Waals surface area (Å²) in [6, 6.07) is 0. The number of rotatable bonds is 7. The summed E-state index contributed by atoms with van der Waals surface area (Å²) in [5, 5.41) is 7.57. The standard InChI is InChI=1S/C15H25NO/c1-6-8-9-12(3)11-17-13(4)10-15(7-2)14(5)16/h7,9-10,16H,6,8,11H2,1-5H3/b12-9-,13-10+,15-7+,16-14?. The Bertz CT molecular complexity index is 335. The van der Waals surface area contributed by atoms with E-state index in [1.807, 2.05) is 26.0 Å². The predicted molar refractivity (Wildman–Crippen MR) is 75.5 cm³/mol. The Kier molecular flexibility index (Phi) is 8.12. The second-order valence-corrected chi connectivity index (χ2v) is 4.25. The summed E-state index contributed by atoms with van der Waals surface area (Å²) in [5.41, 5.74) is 2.74. The first-order chi connectivity index (χ1) is 8.01. The summed E-state index contributed by atoms with van der Waals surface area (Å²) in [6.45, 7) is 10.5. The molecule has 0 saturated carbocycles. The van der Waals surface area contributed by atoms with Crippen molar-refractivity contribution in [1.29, 1.82) is 5.41 Å². The third-order valence-electron chi connectivity index (χ3n) is 2.41. The summed E-state index contributed by atoms with van der Waals surface area (Å²) in [4.78, 5) is 0. The first-order valence-electron chi connectivity index (χ1n) is 6.19. The number of nitrogens with one attached hydrogen (secondary N) is 1. The molecule has 0 aromatic heterocycles. The van der Waals surface area contributed by atoms with Crippen LogP contribution in [0.2, 0.25) is 0 Å². The molecule has 0 aromatic rings. The maximum absolute atomic E-state index is 7.57. The average molecular weight is 235 g/mol. The van der Waals surface area contributed by atoms with Gasteiger partial charge in [-0.15, -0.1) is 0 Å². The zero-order valence-corrected chi connectivity index (χ0v) is 11.8. The minimum absolute atomic E-state index is 0.564. The molecule has 0 aliphatic rings. The van der Waals surface area contributed by atoms with Crippen LogP contribution in [0.15, 0.2) is 35.1 Å². The minimum Gasteiger partial charge on any atom is -0.494 e. The van der Waals surface area contributed by atoms with Crippen molar-refractivity contribution in [3.05, 3.63) is 35.1 Å². The van der Waals surface area contributed by atoms with Gasteiger partial charge in [0.1, 0.15) is 6.61 Å². The van der Waals surface area contributed by atoms with Crippen LogP contribution in [0.1, 0.15) is 47.5 Å². The van der Waals surface area contributed by atoms with Gasteiger partial charge >= 0.3 is 0 Å². The maximum atomic E-state index is 7.57. The molecule has 17 heavy (non-hydrogen) atoms. The molecule has 0 aliphatic heterocycles. The van der Waals surface area contributed by atoms with E-state index in [1.54, 1.807) is 6.92 Å². The number of hydrogen-bond donors (Lipinski definition) is 1. The van der Waals surface area contributed by atoms with E-state index < -0.39 is 0 Å². The highest BCUT2D eigenvalue weighted by atomic mass is 16.5. The molecule has 0 fully saturated rings. The third kappa shape index (κ3) is 7.56. The van der Waals surface area contributed by atoms with E-state index >= 15 is 0 Å². The van der Waals surface area contributed by atoms with Crippen LogP contribution >= 0.6 is 0 Å². The third-order valence-corrected chi connectivity index (χ3v) is 2.41. The summed E-state index contributed by atoms with van der Waals surface area (Å²) < 4.78 is 5.64. The van der Waals surface area contributed by atoms with E-state index in [9.17, 15) is 0 Å². The predicted octanol–water partition coefficient (Wildman–Crippen LogP) is 4.64. The van der Waals surface area contributed by atoms with Crippen LogP contribution in [0.5, 0.6) is 0 Å². The summed E-state index contributed by atoms with van der Waals surface area (Å²) in [6.07, 6.45) is 8.33. The van der Waals surface area contributed by atoms with Crippen LogP contribution < -0.4 is 0 Å². The normalized spacial score (nSPS) is 13.8. The van der Waals surface area contributed by atoms with Gasteiger partial charge in [-0.3, -0.25) is 0 Å². The molecule has 0 heterocycles. The molecule has 0 saturated heterocycles. The zero-order valence-electron chi connectivity index (χ0n) is 11.8. The van der Waals surface area contributed by atoms with Crippen molar-refractivity contribution in [1.82, 2.24) is 0 Å². The second-order valence-electron chi connectivity index (χ2n) is 4.25. The molecule has 0 spiro atoms. The van der Waals surface area contributed by atoms with Crippen LogP contribution in [0.25, 0.3) is 0 Å². The van der Waals surface area contributed by atoms with E-state index in [4.69, 9.17) is 10.1 Å². The lowest BCUT2D eigenvalue weighted by Gasteiger charge is -2.08. The molecule has 96 valence electrons. The lowest BCUT2D eigenvalue weighted by molar-refractivity contribution is 0.241. The van der Waals surface area contributed by atoms with Gasteiger partial charge in [0.25, 0.3) is 0 Å². The van der Waals surface area contributed by atoms with Crippen molar-refractivity contribution in [3.8, 4) is 0 Å². The molecule has 0 unspecified atom stereocenters. The first-order valence-corrected chi connectivity index (χ1v) is 6.19. The number of ether oxygens (including phenoxy) is 1. The Balaban J connectivity index is 4.31. The van der Waals surface area contributed by atoms with E-state index in [0.717, 1.165) is 17.8 Å². The van der Waals surface area contributed by atoms with Crippen LogP contribution in [0, 0.1) is 5.41 Å². The first kappa shape index (κ1) is 15.7. The van der Waals surface area contributed by atoms with Gasteiger partial charge in [-0.05, 0) is 51.3 Å². The van der Waals surface area contributed by atoms with Crippen LogP contribution in [0.3, 0.4) is 0 Å². The maximum Gasteiger partial charge on any atom is 0.109 e. The molecule has 0 bridgehead atoms. The molecule has 0 rings (SSSR count). The smallest absolute Gasteiger partial charge is 0.109 e. The summed E-state index contributed by atoms with van der Waals surface area (Å²) in [5.74, 6) is 0.856. The van der Waals surface area contributed by atoms with Gasteiger partial charge in [0, 0.05) is 5.71 Å². The lowest BCUT2D eigenvalue weighted by Crippen LogP contribution is -1.97. The largest absolute Gasteiger partial charge is 0.494 e. The highest BCUT2D eigenvalue weighted by Gasteiger charge is 1.97. The quantitative estimate of drug-likeness (QED) is 0.296. The second kappa shape index (κ2) is 8.80. The Hall–Kier alpha value is -1.31. The van der Waals surface area contributed by atoms with Crippen molar-refractivity contribution in [2.24, 2.45) is 0 Å². The van der Waals surface area contributed by atoms with Gasteiger partial charge in [0.15, 0.2) is 0 Å². The fourth-order valence-corrected chi connectivity index (χ4v) is 1.35. The minimum atomic E-state index is 0.564. The van der Waals surface area contributed by atoms with Gasteiger partial charge in [-0.1, -0.05) is 25.5 Å². The van der Waals surface area contributed by atoms with Crippen molar-refractivity contribution in [2.45, 2.75) is 47.5 Å². The molecular formula is C15H25NO. The molecule has 0 amide bonds. The Morgan fingerprint density at radius 2 is 1.88 bits per heavy atom. The number of allylic oxidation sites excluding steroid dienone is 5. The molecule has 0 radical (unpaired) electrons. The monoisotopic (exact) mass is 235 g/mol. The highest BCUT2D eigenvalue weighted by molar-refractivity contribution is 5.98. The van der Waals surface area contributed by atoms with Gasteiger partial charge in [-0.2, -0.15) is 0 Å². The molecule has 0 aliphatic carbocycles. The average Bonchev–Trinajstić information content (AvgIpc) is 2.30. The van der Waals surface area contributed by atoms with Crippen molar-refractivity contribution < 1.29 is 4.74 Å². The Labute approximate surface area is 106 Å². The summed E-state index contributed by atoms with van der Waals surface area (Å²) >= 11 is 0. The number of unbranched alkanes of at least 4 members (excludes halogenated alkanes) is 1. The molecule has 1 N–H and O–H groups in total. The molecule has 0 atom stereocenters. The molecule has 2 nitrogen and oxygen atoms in total.